The first-order valence-electron chi connectivity index (χ1n) is 7.61. The summed E-state index contributed by atoms with van der Waals surface area (Å²) in [5, 5.41) is 6.89. The molecule has 0 saturated heterocycles. The molecule has 0 unspecified atom stereocenters. The molecule has 1 aromatic carbocycles. The molecule has 26 heavy (non-hydrogen) atoms. The van der Waals surface area contributed by atoms with Gasteiger partial charge in [0.05, 0.1) is 6.20 Å². The minimum Gasteiger partial charge on any atom is -0.331 e. The zero-order valence-corrected chi connectivity index (χ0v) is 14.8. The SMILES string of the molecule is O=C(Nc1ncc[nH]1)c1cnn(-c2ccc(Br)cc2F)c1-n1cccc1. The topological polar surface area (TPSA) is 80.5 Å². The van der Waals surface area contributed by atoms with Gasteiger partial charge >= 0.3 is 0 Å². The molecule has 130 valence electrons. The van der Waals surface area contributed by atoms with E-state index in [2.05, 4.69) is 36.3 Å². The number of nitrogens with one attached hydrogen (secondary N) is 2. The van der Waals surface area contributed by atoms with Gasteiger partial charge in [0.25, 0.3) is 5.91 Å². The van der Waals surface area contributed by atoms with Crippen LogP contribution in [0.4, 0.5) is 10.3 Å². The van der Waals surface area contributed by atoms with Gasteiger partial charge in [-0.2, -0.15) is 5.10 Å². The second-order valence-corrected chi connectivity index (χ2v) is 6.29. The molecule has 7 nitrogen and oxygen atoms in total. The highest BCUT2D eigenvalue weighted by Gasteiger charge is 2.22. The molecule has 9 heteroatoms. The van der Waals surface area contributed by atoms with Crippen LogP contribution in [-0.4, -0.2) is 30.2 Å². The fourth-order valence-corrected chi connectivity index (χ4v) is 2.90. The number of carbonyl (C=O) groups excluding carboxylic acids is 1. The summed E-state index contributed by atoms with van der Waals surface area (Å²) in [6.07, 6.45) is 8.04. The zero-order valence-electron chi connectivity index (χ0n) is 13.2. The lowest BCUT2D eigenvalue weighted by molar-refractivity contribution is 0.102. The van der Waals surface area contributed by atoms with Gasteiger partial charge in [0.2, 0.25) is 5.95 Å². The molecule has 3 aromatic heterocycles. The molecule has 0 aliphatic rings. The van der Waals surface area contributed by atoms with E-state index < -0.39 is 11.7 Å². The quantitative estimate of drug-likeness (QED) is 0.535. The molecular formula is C17H12BrFN6O. The van der Waals surface area contributed by atoms with Crippen molar-refractivity contribution in [3.05, 3.63) is 77.2 Å². The molecule has 3 heterocycles. The average molecular weight is 415 g/mol. The molecule has 0 radical (unpaired) electrons. The fraction of sp³-hybridized carbons (Fsp3) is 0. The number of aromatic nitrogens is 5. The second-order valence-electron chi connectivity index (χ2n) is 5.37. The molecule has 0 atom stereocenters. The Labute approximate surface area is 155 Å². The summed E-state index contributed by atoms with van der Waals surface area (Å²) >= 11 is 3.24. The first-order valence-corrected chi connectivity index (χ1v) is 8.40. The summed E-state index contributed by atoms with van der Waals surface area (Å²) in [7, 11) is 0. The van der Waals surface area contributed by atoms with Gasteiger partial charge in [0, 0.05) is 29.3 Å². The number of H-pyrrole nitrogens is 1. The molecular weight excluding hydrogens is 403 g/mol. The van der Waals surface area contributed by atoms with E-state index in [0.717, 1.165) is 0 Å². The number of nitrogens with zero attached hydrogens (tertiary/aromatic N) is 4. The number of aromatic amines is 1. The molecule has 0 spiro atoms. The molecule has 0 bridgehead atoms. The molecule has 4 rings (SSSR count). The highest BCUT2D eigenvalue weighted by atomic mass is 79.9. The number of halogens is 2. The predicted octanol–water partition coefficient (Wildman–Crippen LogP) is 3.54. The standard InChI is InChI=1S/C17H12BrFN6O/c18-11-3-4-14(13(19)9-11)25-16(24-7-1-2-8-24)12(10-22-25)15(26)23-17-20-5-6-21-17/h1-10H,(H2,20,21,23,26). The summed E-state index contributed by atoms with van der Waals surface area (Å²) in [5.41, 5.74) is 0.508. The van der Waals surface area contributed by atoms with Crippen molar-refractivity contribution in [1.82, 2.24) is 24.3 Å². The summed E-state index contributed by atoms with van der Waals surface area (Å²) < 4.78 is 18.2. The Morgan fingerprint density at radius 1 is 1.27 bits per heavy atom. The maximum atomic E-state index is 14.5. The molecule has 4 aromatic rings. The second kappa shape index (κ2) is 6.60. The summed E-state index contributed by atoms with van der Waals surface area (Å²) in [4.78, 5) is 19.5. The number of rotatable bonds is 4. The highest BCUT2D eigenvalue weighted by molar-refractivity contribution is 9.10. The summed E-state index contributed by atoms with van der Waals surface area (Å²) in [6.45, 7) is 0. The van der Waals surface area contributed by atoms with E-state index in [1.54, 1.807) is 35.3 Å². The van der Waals surface area contributed by atoms with Crippen molar-refractivity contribution in [3.63, 3.8) is 0 Å². The Balaban J connectivity index is 1.83. The van der Waals surface area contributed by atoms with Crippen molar-refractivity contribution in [2.45, 2.75) is 0 Å². The van der Waals surface area contributed by atoms with E-state index in [4.69, 9.17) is 0 Å². The van der Waals surface area contributed by atoms with Crippen LogP contribution in [0, 0.1) is 5.82 Å². The molecule has 0 fully saturated rings. The number of benzene rings is 1. The van der Waals surface area contributed by atoms with Crippen molar-refractivity contribution < 1.29 is 9.18 Å². The van der Waals surface area contributed by atoms with Crippen molar-refractivity contribution in [2.24, 2.45) is 0 Å². The molecule has 1 amide bonds. The third-order valence-electron chi connectivity index (χ3n) is 3.71. The lowest BCUT2D eigenvalue weighted by Gasteiger charge is -2.11. The molecule has 2 N–H and O–H groups in total. The van der Waals surface area contributed by atoms with Crippen LogP contribution in [0.5, 0.6) is 0 Å². The number of anilines is 1. The van der Waals surface area contributed by atoms with E-state index in [0.29, 0.717) is 16.2 Å². The first kappa shape index (κ1) is 16.3. The van der Waals surface area contributed by atoms with Crippen LogP contribution < -0.4 is 5.32 Å². The third kappa shape index (κ3) is 2.92. The Hall–Kier alpha value is -3.20. The minimum absolute atomic E-state index is 0.231. The van der Waals surface area contributed by atoms with Crippen molar-refractivity contribution in [2.75, 3.05) is 5.32 Å². The molecule has 0 saturated carbocycles. The smallest absolute Gasteiger partial charge is 0.263 e. The van der Waals surface area contributed by atoms with Crippen LogP contribution in [0.1, 0.15) is 10.4 Å². The van der Waals surface area contributed by atoms with Crippen molar-refractivity contribution in [1.29, 1.82) is 0 Å². The Bertz CT molecular complexity index is 1060. The maximum absolute atomic E-state index is 14.5. The van der Waals surface area contributed by atoms with Crippen LogP contribution in [0.25, 0.3) is 11.5 Å². The van der Waals surface area contributed by atoms with Crippen LogP contribution in [0.15, 0.2) is 65.8 Å². The Morgan fingerprint density at radius 3 is 2.77 bits per heavy atom. The van der Waals surface area contributed by atoms with Crippen LogP contribution in [0.2, 0.25) is 0 Å². The normalized spacial score (nSPS) is 10.8. The van der Waals surface area contributed by atoms with Gasteiger partial charge < -0.3 is 9.55 Å². The van der Waals surface area contributed by atoms with Gasteiger partial charge in [0.1, 0.15) is 17.1 Å². The Kier molecular flexibility index (Phi) is 4.13. The van der Waals surface area contributed by atoms with Crippen LogP contribution in [-0.2, 0) is 0 Å². The fourth-order valence-electron chi connectivity index (χ4n) is 2.56. The monoisotopic (exact) mass is 414 g/mol. The number of hydrogen-bond donors (Lipinski definition) is 2. The van der Waals surface area contributed by atoms with E-state index in [1.165, 1.54) is 23.1 Å². The van der Waals surface area contributed by atoms with E-state index >= 15 is 0 Å². The van der Waals surface area contributed by atoms with Gasteiger partial charge in [-0.05, 0) is 30.3 Å². The summed E-state index contributed by atoms with van der Waals surface area (Å²) in [6, 6.07) is 8.27. The largest absolute Gasteiger partial charge is 0.331 e. The van der Waals surface area contributed by atoms with Crippen molar-refractivity contribution >= 4 is 27.8 Å². The third-order valence-corrected chi connectivity index (χ3v) is 4.20. The van der Waals surface area contributed by atoms with Gasteiger partial charge in [0.15, 0.2) is 5.82 Å². The number of amides is 1. The van der Waals surface area contributed by atoms with E-state index in [9.17, 15) is 9.18 Å². The lowest BCUT2D eigenvalue weighted by atomic mass is 10.2. The molecule has 0 aliphatic heterocycles. The van der Waals surface area contributed by atoms with E-state index in [-0.39, 0.29) is 11.3 Å². The van der Waals surface area contributed by atoms with E-state index in [1.807, 2.05) is 12.1 Å². The van der Waals surface area contributed by atoms with Crippen LogP contribution >= 0.6 is 15.9 Å². The maximum Gasteiger partial charge on any atom is 0.263 e. The summed E-state index contributed by atoms with van der Waals surface area (Å²) in [5.74, 6) is -0.141. The average Bonchev–Trinajstić information content (AvgIpc) is 3.35. The number of carbonyl (C=O) groups is 1. The number of hydrogen-bond acceptors (Lipinski definition) is 3. The van der Waals surface area contributed by atoms with Gasteiger partial charge in [-0.25, -0.2) is 14.1 Å². The zero-order chi connectivity index (χ0) is 18.1. The Morgan fingerprint density at radius 2 is 2.08 bits per heavy atom. The van der Waals surface area contributed by atoms with Gasteiger partial charge in [-0.1, -0.05) is 15.9 Å². The van der Waals surface area contributed by atoms with Crippen molar-refractivity contribution in [3.8, 4) is 11.5 Å². The first-order chi connectivity index (χ1) is 12.6. The van der Waals surface area contributed by atoms with Gasteiger partial charge in [-0.3, -0.25) is 10.1 Å². The molecule has 0 aliphatic carbocycles. The minimum atomic E-state index is -0.464. The van der Waals surface area contributed by atoms with Crippen LogP contribution in [0.3, 0.4) is 0 Å². The number of imidazole rings is 1. The highest BCUT2D eigenvalue weighted by Crippen LogP contribution is 2.24. The predicted molar refractivity (Wildman–Crippen MR) is 97.1 cm³/mol. The van der Waals surface area contributed by atoms with Gasteiger partial charge in [-0.15, -0.1) is 0 Å². The lowest BCUT2D eigenvalue weighted by Crippen LogP contribution is -2.16.